The number of carbonyl (C=O) groups is 3. The van der Waals surface area contributed by atoms with Gasteiger partial charge in [0.15, 0.2) is 0 Å². The second-order valence-corrected chi connectivity index (χ2v) is 7.69. The quantitative estimate of drug-likeness (QED) is 0.661. The highest BCUT2D eigenvalue weighted by molar-refractivity contribution is 6.09. The summed E-state index contributed by atoms with van der Waals surface area (Å²) in [4.78, 5) is 39.2. The van der Waals surface area contributed by atoms with E-state index < -0.39 is 0 Å². The summed E-state index contributed by atoms with van der Waals surface area (Å²) in [6, 6.07) is 6.93. The number of amides is 3. The maximum atomic E-state index is 12.9. The van der Waals surface area contributed by atoms with Gasteiger partial charge in [-0.1, -0.05) is 12.2 Å². The van der Waals surface area contributed by atoms with Crippen molar-refractivity contribution in [2.45, 2.75) is 6.42 Å². The van der Waals surface area contributed by atoms with Gasteiger partial charge in [-0.05, 0) is 54.4 Å². The topological polar surface area (TPSA) is 75.7 Å². The number of ether oxygens (including phenoxy) is 1. The maximum absolute atomic E-state index is 12.9. The standard InChI is InChI=1S/C20H20N2O4/c1-26-11-4-2-10(3-5-11)21-16(23)9-22-19(24)17-12-6-7-13(15-8-14(12)15)18(17)20(22)25/h2-7,12-15,17-18H,8-9H2,1H3,(H,21,23)/t12-,13-,14-,15-,17+,18+/m1/s1. The number of rotatable bonds is 4. The van der Waals surface area contributed by atoms with Gasteiger partial charge in [-0.2, -0.15) is 0 Å². The highest BCUT2D eigenvalue weighted by atomic mass is 16.5. The van der Waals surface area contributed by atoms with Crippen LogP contribution in [0.15, 0.2) is 36.4 Å². The number of hydrogen-bond donors (Lipinski definition) is 1. The van der Waals surface area contributed by atoms with Crippen LogP contribution in [-0.4, -0.2) is 36.3 Å². The van der Waals surface area contributed by atoms with Gasteiger partial charge in [-0.15, -0.1) is 0 Å². The Kier molecular flexibility index (Phi) is 3.26. The van der Waals surface area contributed by atoms with Crippen LogP contribution in [0.25, 0.3) is 0 Å². The number of hydrogen-bond acceptors (Lipinski definition) is 4. The first-order valence-corrected chi connectivity index (χ1v) is 9.06. The molecule has 0 unspecified atom stereocenters. The van der Waals surface area contributed by atoms with E-state index in [0.717, 1.165) is 6.42 Å². The third kappa shape index (κ3) is 2.14. The van der Waals surface area contributed by atoms with Crippen LogP contribution in [0.4, 0.5) is 5.69 Å². The van der Waals surface area contributed by atoms with E-state index in [4.69, 9.17) is 4.74 Å². The molecule has 6 heteroatoms. The Morgan fingerprint density at radius 3 is 2.19 bits per heavy atom. The first kappa shape index (κ1) is 15.6. The molecule has 6 nitrogen and oxygen atoms in total. The number of anilines is 1. The van der Waals surface area contributed by atoms with E-state index in [1.165, 1.54) is 4.90 Å². The summed E-state index contributed by atoms with van der Waals surface area (Å²) in [5, 5.41) is 2.74. The molecule has 1 aliphatic heterocycles. The molecule has 1 aromatic carbocycles. The number of carbonyl (C=O) groups excluding carboxylic acids is 3. The largest absolute Gasteiger partial charge is 0.497 e. The number of nitrogens with one attached hydrogen (secondary N) is 1. The zero-order valence-electron chi connectivity index (χ0n) is 14.4. The highest BCUT2D eigenvalue weighted by Gasteiger charge is 2.67. The van der Waals surface area contributed by atoms with Crippen molar-refractivity contribution in [3.8, 4) is 5.75 Å². The van der Waals surface area contributed by atoms with E-state index in [2.05, 4.69) is 17.5 Å². The van der Waals surface area contributed by atoms with Crippen LogP contribution in [0.1, 0.15) is 6.42 Å². The Balaban J connectivity index is 1.30. The Hall–Kier alpha value is -2.63. The number of benzene rings is 1. The Bertz CT molecular complexity index is 795. The van der Waals surface area contributed by atoms with E-state index in [0.29, 0.717) is 23.3 Å². The van der Waals surface area contributed by atoms with Gasteiger partial charge in [-0.3, -0.25) is 19.3 Å². The number of imide groups is 1. The lowest BCUT2D eigenvalue weighted by Crippen LogP contribution is -2.40. The van der Waals surface area contributed by atoms with Gasteiger partial charge in [0.25, 0.3) is 0 Å². The Morgan fingerprint density at radius 2 is 1.65 bits per heavy atom. The summed E-state index contributed by atoms with van der Waals surface area (Å²) in [5.41, 5.74) is 0.607. The van der Waals surface area contributed by atoms with Crippen molar-refractivity contribution in [3.63, 3.8) is 0 Å². The zero-order chi connectivity index (χ0) is 18.0. The van der Waals surface area contributed by atoms with Gasteiger partial charge in [-0.25, -0.2) is 0 Å². The fourth-order valence-corrected chi connectivity index (χ4v) is 5.19. The molecule has 4 aliphatic carbocycles. The summed E-state index contributed by atoms with van der Waals surface area (Å²) in [5.74, 6) is 0.975. The minimum Gasteiger partial charge on any atom is -0.497 e. The average molecular weight is 352 g/mol. The van der Waals surface area contributed by atoms with Crippen LogP contribution in [0.2, 0.25) is 0 Å². The van der Waals surface area contributed by atoms with Gasteiger partial charge in [0.2, 0.25) is 17.7 Å². The molecule has 6 rings (SSSR count). The molecule has 1 heterocycles. The second kappa shape index (κ2) is 5.43. The first-order chi connectivity index (χ1) is 12.6. The van der Waals surface area contributed by atoms with Crippen LogP contribution in [0, 0.1) is 35.5 Å². The highest BCUT2D eigenvalue weighted by Crippen LogP contribution is 2.65. The van der Waals surface area contributed by atoms with Gasteiger partial charge in [0.1, 0.15) is 12.3 Å². The normalized spacial score (nSPS) is 36.0. The predicted octanol–water partition coefficient (Wildman–Crippen LogP) is 1.69. The van der Waals surface area contributed by atoms with E-state index in [1.807, 2.05) is 0 Å². The van der Waals surface area contributed by atoms with Gasteiger partial charge in [0.05, 0.1) is 18.9 Å². The second-order valence-electron chi connectivity index (χ2n) is 7.69. The molecule has 0 spiro atoms. The Morgan fingerprint density at radius 1 is 1.08 bits per heavy atom. The van der Waals surface area contributed by atoms with Crippen molar-refractivity contribution in [2.75, 3.05) is 19.0 Å². The van der Waals surface area contributed by atoms with Crippen LogP contribution >= 0.6 is 0 Å². The summed E-state index contributed by atoms with van der Waals surface area (Å²) in [6.45, 7) is -0.217. The molecular formula is C20H20N2O4. The number of nitrogens with zero attached hydrogens (tertiary/aromatic N) is 1. The van der Waals surface area contributed by atoms with Crippen LogP contribution < -0.4 is 10.1 Å². The van der Waals surface area contributed by atoms with Gasteiger partial charge >= 0.3 is 0 Å². The number of likely N-dealkylation sites (tertiary alicyclic amines) is 1. The summed E-state index contributed by atoms with van der Waals surface area (Å²) in [7, 11) is 1.57. The smallest absolute Gasteiger partial charge is 0.244 e. The molecule has 2 saturated carbocycles. The number of methoxy groups -OCH3 is 1. The molecule has 6 atom stereocenters. The van der Waals surface area contributed by atoms with E-state index in [1.54, 1.807) is 31.4 Å². The molecule has 1 aromatic rings. The molecule has 134 valence electrons. The molecule has 3 fully saturated rings. The molecule has 1 saturated heterocycles. The predicted molar refractivity (Wildman–Crippen MR) is 93.0 cm³/mol. The van der Waals surface area contributed by atoms with Gasteiger partial charge in [0, 0.05) is 5.69 Å². The monoisotopic (exact) mass is 352 g/mol. The van der Waals surface area contributed by atoms with Gasteiger partial charge < -0.3 is 10.1 Å². The lowest BCUT2D eigenvalue weighted by molar-refractivity contribution is -0.142. The van der Waals surface area contributed by atoms with Crippen molar-refractivity contribution < 1.29 is 19.1 Å². The minimum absolute atomic E-state index is 0.172. The van der Waals surface area contributed by atoms with Crippen LogP contribution in [0.5, 0.6) is 5.75 Å². The third-order valence-electron chi connectivity index (χ3n) is 6.43. The lowest BCUT2D eigenvalue weighted by atomic mass is 9.63. The third-order valence-corrected chi connectivity index (χ3v) is 6.43. The lowest BCUT2D eigenvalue weighted by Gasteiger charge is -2.37. The van der Waals surface area contributed by atoms with E-state index in [9.17, 15) is 14.4 Å². The van der Waals surface area contributed by atoms with Crippen molar-refractivity contribution in [1.82, 2.24) is 4.90 Å². The van der Waals surface area contributed by atoms with Crippen molar-refractivity contribution >= 4 is 23.4 Å². The van der Waals surface area contributed by atoms with Crippen LogP contribution in [0.3, 0.4) is 0 Å². The zero-order valence-corrected chi connectivity index (χ0v) is 14.4. The molecule has 5 aliphatic rings. The van der Waals surface area contributed by atoms with Crippen molar-refractivity contribution in [2.24, 2.45) is 35.5 Å². The fraction of sp³-hybridized carbons (Fsp3) is 0.450. The molecule has 2 bridgehead atoms. The van der Waals surface area contributed by atoms with Crippen molar-refractivity contribution in [3.05, 3.63) is 36.4 Å². The average Bonchev–Trinajstić information content (AvgIpc) is 3.43. The summed E-state index contributed by atoms with van der Waals surface area (Å²) >= 11 is 0. The molecule has 3 amide bonds. The molecule has 26 heavy (non-hydrogen) atoms. The summed E-state index contributed by atoms with van der Waals surface area (Å²) < 4.78 is 5.09. The molecule has 0 radical (unpaired) electrons. The minimum atomic E-state index is -0.360. The number of allylic oxidation sites excluding steroid dienone is 2. The SMILES string of the molecule is COc1ccc(NC(=O)CN2C(=O)[C@H]3[C@@H]4C=C[C@H]([C@H]5C[C@H]45)[C@@H]3C2=O)cc1. The first-order valence-electron chi connectivity index (χ1n) is 9.06. The Labute approximate surface area is 151 Å². The molecule has 0 aromatic heterocycles. The van der Waals surface area contributed by atoms with E-state index in [-0.39, 0.29) is 47.9 Å². The van der Waals surface area contributed by atoms with Crippen LogP contribution in [-0.2, 0) is 14.4 Å². The maximum Gasteiger partial charge on any atom is 0.244 e. The van der Waals surface area contributed by atoms with E-state index >= 15 is 0 Å². The molecular weight excluding hydrogens is 332 g/mol. The molecule has 1 N–H and O–H groups in total. The summed E-state index contributed by atoms with van der Waals surface area (Å²) in [6.07, 6.45) is 5.39. The fourth-order valence-electron chi connectivity index (χ4n) is 5.19. The van der Waals surface area contributed by atoms with Crippen molar-refractivity contribution in [1.29, 1.82) is 0 Å².